The van der Waals surface area contributed by atoms with Gasteiger partial charge in [-0.3, -0.25) is 10.1 Å². The Kier molecular flexibility index (Phi) is 6.90. The molecule has 13 heteroatoms. The SMILES string of the molecule is COC(=O)c1cc(Nc2ncnc(Nc3ccc(Br)cn3)c2[N+](=O)[O-])cc(C(=O)OC)c1. The number of benzene rings is 1. The molecule has 0 amide bonds. The number of carbonyl (C=O) groups excluding carboxylic acids is 2. The van der Waals surface area contributed by atoms with E-state index >= 15 is 0 Å². The van der Waals surface area contributed by atoms with Crippen molar-refractivity contribution in [2.24, 2.45) is 0 Å². The first-order chi connectivity index (χ1) is 15.3. The number of nitro groups is 1. The van der Waals surface area contributed by atoms with Crippen molar-refractivity contribution in [3.05, 3.63) is 68.6 Å². The molecule has 0 saturated carbocycles. The Labute approximate surface area is 189 Å². The summed E-state index contributed by atoms with van der Waals surface area (Å²) in [5.41, 5.74) is -0.234. The van der Waals surface area contributed by atoms with E-state index in [0.29, 0.717) is 5.82 Å². The fourth-order valence-electron chi connectivity index (χ4n) is 2.61. The Hall–Kier alpha value is -4.13. The van der Waals surface area contributed by atoms with Gasteiger partial charge in [0.25, 0.3) is 0 Å². The molecule has 3 aromatic rings. The van der Waals surface area contributed by atoms with Crippen LogP contribution in [0.1, 0.15) is 20.7 Å². The van der Waals surface area contributed by atoms with Gasteiger partial charge in [-0.1, -0.05) is 0 Å². The van der Waals surface area contributed by atoms with Crippen LogP contribution >= 0.6 is 15.9 Å². The van der Waals surface area contributed by atoms with E-state index in [9.17, 15) is 19.7 Å². The van der Waals surface area contributed by atoms with Crippen molar-refractivity contribution in [2.45, 2.75) is 0 Å². The molecule has 0 saturated heterocycles. The second-order valence-electron chi connectivity index (χ2n) is 6.07. The highest BCUT2D eigenvalue weighted by Gasteiger charge is 2.24. The van der Waals surface area contributed by atoms with Crippen LogP contribution in [-0.2, 0) is 9.47 Å². The smallest absolute Gasteiger partial charge is 0.353 e. The van der Waals surface area contributed by atoms with Gasteiger partial charge >= 0.3 is 17.6 Å². The molecule has 0 bridgehead atoms. The lowest BCUT2D eigenvalue weighted by Crippen LogP contribution is -2.09. The molecule has 0 fully saturated rings. The summed E-state index contributed by atoms with van der Waals surface area (Å²) < 4.78 is 10.1. The lowest BCUT2D eigenvalue weighted by atomic mass is 10.1. The molecule has 0 aliphatic carbocycles. The quantitative estimate of drug-likeness (QED) is 0.276. The van der Waals surface area contributed by atoms with Gasteiger partial charge in [-0.15, -0.1) is 0 Å². The Morgan fingerprint density at radius 2 is 1.56 bits per heavy atom. The second kappa shape index (κ2) is 9.78. The second-order valence-corrected chi connectivity index (χ2v) is 6.99. The molecule has 0 unspecified atom stereocenters. The van der Waals surface area contributed by atoms with Gasteiger partial charge < -0.3 is 20.1 Å². The van der Waals surface area contributed by atoms with E-state index < -0.39 is 22.5 Å². The largest absolute Gasteiger partial charge is 0.465 e. The molecule has 2 N–H and O–H groups in total. The van der Waals surface area contributed by atoms with E-state index in [1.807, 2.05) is 0 Å². The van der Waals surface area contributed by atoms with Gasteiger partial charge in [0.05, 0.1) is 30.3 Å². The number of methoxy groups -OCH3 is 2. The number of esters is 2. The summed E-state index contributed by atoms with van der Waals surface area (Å²) in [6, 6.07) is 7.30. The highest BCUT2D eigenvalue weighted by Crippen LogP contribution is 2.33. The Balaban J connectivity index is 2.03. The molecular formula is C19H15BrN6O6. The van der Waals surface area contributed by atoms with E-state index in [1.165, 1.54) is 38.6 Å². The molecule has 0 atom stereocenters. The van der Waals surface area contributed by atoms with Crippen molar-refractivity contribution in [3.63, 3.8) is 0 Å². The van der Waals surface area contributed by atoms with Crippen LogP contribution in [0, 0.1) is 10.1 Å². The topological polar surface area (TPSA) is 158 Å². The van der Waals surface area contributed by atoms with Crippen LogP contribution in [0.25, 0.3) is 0 Å². The number of nitrogens with one attached hydrogen (secondary N) is 2. The van der Waals surface area contributed by atoms with Gasteiger partial charge in [-0.2, -0.15) is 0 Å². The van der Waals surface area contributed by atoms with Gasteiger partial charge in [-0.25, -0.2) is 24.5 Å². The minimum Gasteiger partial charge on any atom is -0.465 e. The number of carbonyl (C=O) groups is 2. The Morgan fingerprint density at radius 3 is 2.06 bits per heavy atom. The third-order valence-electron chi connectivity index (χ3n) is 4.02. The normalized spacial score (nSPS) is 10.2. The number of anilines is 4. The lowest BCUT2D eigenvalue weighted by molar-refractivity contribution is -0.383. The number of hydrogen-bond donors (Lipinski definition) is 2. The number of halogens is 1. The zero-order chi connectivity index (χ0) is 23.3. The monoisotopic (exact) mass is 502 g/mol. The number of ether oxygens (including phenoxy) is 2. The molecule has 1 aromatic carbocycles. The molecule has 0 spiro atoms. The summed E-state index contributed by atoms with van der Waals surface area (Å²) >= 11 is 3.26. The molecule has 0 aliphatic rings. The zero-order valence-electron chi connectivity index (χ0n) is 16.7. The summed E-state index contributed by atoms with van der Waals surface area (Å²) in [6.45, 7) is 0. The van der Waals surface area contributed by atoms with E-state index in [-0.39, 0.29) is 28.5 Å². The van der Waals surface area contributed by atoms with Crippen molar-refractivity contribution in [2.75, 3.05) is 24.9 Å². The molecule has 0 radical (unpaired) electrons. The van der Waals surface area contributed by atoms with E-state index in [4.69, 9.17) is 9.47 Å². The molecule has 164 valence electrons. The minimum absolute atomic E-state index is 0.0343. The minimum atomic E-state index is -0.709. The third kappa shape index (κ3) is 5.13. The maximum absolute atomic E-state index is 12.0. The third-order valence-corrected chi connectivity index (χ3v) is 4.49. The Morgan fingerprint density at radius 1 is 0.969 bits per heavy atom. The zero-order valence-corrected chi connectivity index (χ0v) is 18.2. The van der Waals surface area contributed by atoms with Crippen molar-refractivity contribution in [1.82, 2.24) is 15.0 Å². The predicted molar refractivity (Wildman–Crippen MR) is 116 cm³/mol. The number of nitrogens with zero attached hydrogens (tertiary/aromatic N) is 4. The highest BCUT2D eigenvalue weighted by atomic mass is 79.9. The maximum atomic E-state index is 12.0. The van der Waals surface area contributed by atoms with Gasteiger partial charge in [0.2, 0.25) is 11.6 Å². The van der Waals surface area contributed by atoms with Crippen LogP contribution in [0.3, 0.4) is 0 Å². The van der Waals surface area contributed by atoms with E-state index in [2.05, 4.69) is 41.5 Å². The molecule has 2 aromatic heterocycles. The van der Waals surface area contributed by atoms with Gasteiger partial charge in [0, 0.05) is 16.4 Å². The van der Waals surface area contributed by atoms with E-state index in [0.717, 1.165) is 10.8 Å². The van der Waals surface area contributed by atoms with Crippen LogP contribution in [0.15, 0.2) is 47.3 Å². The number of rotatable bonds is 7. The fourth-order valence-corrected chi connectivity index (χ4v) is 2.85. The molecule has 2 heterocycles. The van der Waals surface area contributed by atoms with Crippen molar-refractivity contribution >= 4 is 56.7 Å². The molecule has 3 rings (SSSR count). The summed E-state index contributed by atoms with van der Waals surface area (Å²) in [5, 5.41) is 17.3. The maximum Gasteiger partial charge on any atom is 0.353 e. The van der Waals surface area contributed by atoms with Crippen molar-refractivity contribution in [1.29, 1.82) is 0 Å². The first-order valence-corrected chi connectivity index (χ1v) is 9.58. The number of hydrogen-bond acceptors (Lipinski definition) is 11. The summed E-state index contributed by atoms with van der Waals surface area (Å²) in [7, 11) is 2.37. The molecule has 12 nitrogen and oxygen atoms in total. The molecule has 0 aliphatic heterocycles. The summed E-state index contributed by atoms with van der Waals surface area (Å²) in [4.78, 5) is 47.1. The Bertz CT molecular complexity index is 1150. The van der Waals surface area contributed by atoms with Crippen LogP contribution < -0.4 is 10.6 Å². The predicted octanol–water partition coefficient (Wildman–Crippen LogP) is 3.60. The lowest BCUT2D eigenvalue weighted by Gasteiger charge is -2.12. The van der Waals surface area contributed by atoms with Gasteiger partial charge in [0.15, 0.2) is 0 Å². The fraction of sp³-hybridized carbons (Fsp3) is 0.105. The number of pyridine rings is 1. The van der Waals surface area contributed by atoms with Gasteiger partial charge in [0.1, 0.15) is 12.1 Å². The van der Waals surface area contributed by atoms with Crippen molar-refractivity contribution < 1.29 is 24.0 Å². The summed E-state index contributed by atoms with van der Waals surface area (Å²) in [6.07, 6.45) is 2.63. The van der Waals surface area contributed by atoms with Crippen molar-refractivity contribution in [3.8, 4) is 0 Å². The van der Waals surface area contributed by atoms with Crippen LogP contribution in [0.2, 0.25) is 0 Å². The average molecular weight is 503 g/mol. The average Bonchev–Trinajstić information content (AvgIpc) is 2.79. The highest BCUT2D eigenvalue weighted by molar-refractivity contribution is 9.10. The van der Waals surface area contributed by atoms with Crippen LogP contribution in [0.5, 0.6) is 0 Å². The molecule has 32 heavy (non-hydrogen) atoms. The van der Waals surface area contributed by atoms with Crippen LogP contribution in [0.4, 0.5) is 28.8 Å². The van der Waals surface area contributed by atoms with Crippen LogP contribution in [-0.4, -0.2) is 46.0 Å². The van der Waals surface area contributed by atoms with E-state index in [1.54, 1.807) is 12.1 Å². The summed E-state index contributed by atoms with van der Waals surface area (Å²) in [5.74, 6) is -1.39. The first kappa shape index (κ1) is 22.6. The molecular weight excluding hydrogens is 488 g/mol. The first-order valence-electron chi connectivity index (χ1n) is 8.79. The van der Waals surface area contributed by atoms with Gasteiger partial charge in [-0.05, 0) is 46.3 Å². The standard InChI is InChI=1S/C19H15BrN6O6/c1-31-18(27)10-5-11(19(28)32-2)7-13(6-10)24-16-15(26(29)30)17(23-9-22-16)25-14-4-3-12(20)8-21-14/h3-9H,1-2H3,(H2,21,22,23,24,25). The number of aromatic nitrogens is 3.